The van der Waals surface area contributed by atoms with Crippen molar-refractivity contribution in [2.24, 2.45) is 0 Å². The van der Waals surface area contributed by atoms with Crippen LogP contribution in [0.4, 0.5) is 0 Å². The first kappa shape index (κ1) is 15.0. The monoisotopic (exact) mass is 308 g/mol. The van der Waals surface area contributed by atoms with Gasteiger partial charge in [-0.2, -0.15) is 4.31 Å². The molecule has 0 amide bonds. The summed E-state index contributed by atoms with van der Waals surface area (Å²) in [5.41, 5.74) is 2.16. The van der Waals surface area contributed by atoms with E-state index in [-0.39, 0.29) is 0 Å². The second kappa shape index (κ2) is 6.46. The van der Waals surface area contributed by atoms with E-state index in [1.54, 1.807) is 10.4 Å². The van der Waals surface area contributed by atoms with Crippen molar-refractivity contribution in [2.75, 3.05) is 19.6 Å². The molecule has 1 aromatic rings. The van der Waals surface area contributed by atoms with Gasteiger partial charge in [-0.15, -0.1) is 0 Å². The summed E-state index contributed by atoms with van der Waals surface area (Å²) in [5, 5.41) is 3.31. The molecular formula is C16H24N2O2S. The van der Waals surface area contributed by atoms with E-state index in [2.05, 4.69) is 5.32 Å². The van der Waals surface area contributed by atoms with E-state index in [0.717, 1.165) is 56.3 Å². The first-order chi connectivity index (χ1) is 10.2. The largest absolute Gasteiger partial charge is 0.312 e. The highest BCUT2D eigenvalue weighted by Crippen LogP contribution is 2.27. The molecule has 1 fully saturated rings. The van der Waals surface area contributed by atoms with Gasteiger partial charge in [0.2, 0.25) is 10.0 Å². The zero-order valence-corrected chi connectivity index (χ0v) is 13.3. The molecule has 0 bridgehead atoms. The lowest BCUT2D eigenvalue weighted by atomic mass is 10.0. The van der Waals surface area contributed by atoms with Gasteiger partial charge in [0.15, 0.2) is 0 Å². The molecule has 0 atom stereocenters. The van der Waals surface area contributed by atoms with Crippen molar-refractivity contribution >= 4 is 10.0 Å². The third-order valence-electron chi connectivity index (χ3n) is 4.53. The number of nitrogens with one attached hydrogen (secondary N) is 1. The van der Waals surface area contributed by atoms with Gasteiger partial charge < -0.3 is 5.32 Å². The highest BCUT2D eigenvalue weighted by Gasteiger charge is 2.28. The predicted octanol–water partition coefficient (Wildman–Crippen LogP) is 2.29. The zero-order valence-electron chi connectivity index (χ0n) is 12.5. The van der Waals surface area contributed by atoms with Gasteiger partial charge in [-0.3, -0.25) is 0 Å². The molecular weight excluding hydrogens is 284 g/mol. The molecule has 0 radical (unpaired) electrons. The van der Waals surface area contributed by atoms with Gasteiger partial charge in [0, 0.05) is 19.6 Å². The van der Waals surface area contributed by atoms with Crippen LogP contribution in [-0.4, -0.2) is 32.4 Å². The third kappa shape index (κ3) is 3.15. The van der Waals surface area contributed by atoms with Crippen LogP contribution in [0.2, 0.25) is 0 Å². The number of nitrogens with zero attached hydrogens (tertiary/aromatic N) is 1. The topological polar surface area (TPSA) is 49.4 Å². The van der Waals surface area contributed by atoms with Crippen molar-refractivity contribution in [3.63, 3.8) is 0 Å². The van der Waals surface area contributed by atoms with E-state index in [1.807, 2.05) is 12.1 Å². The summed E-state index contributed by atoms with van der Waals surface area (Å²) in [6.45, 7) is 2.98. The standard InChI is InChI=1S/C16H24N2O2S/c19-21(20,18-11-4-2-1-3-5-12-18)16-8-6-7-14-13-17-10-9-15(14)16/h6-8,17H,1-5,9-13H2. The van der Waals surface area contributed by atoms with Crippen LogP contribution in [0.1, 0.15) is 43.2 Å². The van der Waals surface area contributed by atoms with Crippen LogP contribution in [0.25, 0.3) is 0 Å². The predicted molar refractivity (Wildman–Crippen MR) is 83.7 cm³/mol. The molecule has 2 heterocycles. The molecule has 0 spiro atoms. The van der Waals surface area contributed by atoms with Gasteiger partial charge in [0.25, 0.3) is 0 Å². The van der Waals surface area contributed by atoms with Crippen LogP contribution in [0, 0.1) is 0 Å². The maximum Gasteiger partial charge on any atom is 0.243 e. The molecule has 1 aromatic carbocycles. The smallest absolute Gasteiger partial charge is 0.243 e. The van der Waals surface area contributed by atoms with Gasteiger partial charge in [-0.25, -0.2) is 8.42 Å². The summed E-state index contributed by atoms with van der Waals surface area (Å²) >= 11 is 0. The van der Waals surface area contributed by atoms with Crippen LogP contribution in [-0.2, 0) is 23.0 Å². The molecule has 2 aliphatic heterocycles. The van der Waals surface area contributed by atoms with Gasteiger partial charge in [0.1, 0.15) is 0 Å². The first-order valence-corrected chi connectivity index (χ1v) is 9.45. The number of fused-ring (bicyclic) bond motifs is 1. The maximum absolute atomic E-state index is 13.0. The van der Waals surface area contributed by atoms with Crippen molar-refractivity contribution in [2.45, 2.75) is 50.0 Å². The molecule has 3 rings (SSSR count). The number of rotatable bonds is 2. The molecule has 116 valence electrons. The van der Waals surface area contributed by atoms with Crippen LogP contribution >= 0.6 is 0 Å². The van der Waals surface area contributed by atoms with E-state index in [1.165, 1.54) is 6.42 Å². The van der Waals surface area contributed by atoms with Crippen LogP contribution in [0.15, 0.2) is 23.1 Å². The average Bonchev–Trinajstić information content (AvgIpc) is 2.46. The number of hydrogen-bond acceptors (Lipinski definition) is 3. The van der Waals surface area contributed by atoms with Crippen molar-refractivity contribution in [1.82, 2.24) is 9.62 Å². The van der Waals surface area contributed by atoms with Crippen LogP contribution in [0.5, 0.6) is 0 Å². The zero-order chi connectivity index (χ0) is 14.7. The van der Waals surface area contributed by atoms with E-state index < -0.39 is 10.0 Å². The van der Waals surface area contributed by atoms with E-state index in [4.69, 9.17) is 0 Å². The molecule has 0 aromatic heterocycles. The Morgan fingerprint density at radius 3 is 2.48 bits per heavy atom. The lowest BCUT2D eigenvalue weighted by Crippen LogP contribution is -2.35. The van der Waals surface area contributed by atoms with Gasteiger partial charge in [-0.1, -0.05) is 31.4 Å². The molecule has 0 saturated carbocycles. The summed E-state index contributed by atoms with van der Waals surface area (Å²) in [6, 6.07) is 5.70. The second-order valence-corrected chi connectivity index (χ2v) is 7.90. The minimum Gasteiger partial charge on any atom is -0.312 e. The quantitative estimate of drug-likeness (QED) is 0.912. The SMILES string of the molecule is O=S(=O)(c1cccc2c1CCNC2)N1CCCCCCC1. The highest BCUT2D eigenvalue weighted by atomic mass is 32.2. The normalized spacial score (nSPS) is 21.3. The fourth-order valence-corrected chi connectivity index (χ4v) is 5.15. The minimum atomic E-state index is -3.34. The summed E-state index contributed by atoms with van der Waals surface area (Å²) in [4.78, 5) is 0.544. The van der Waals surface area contributed by atoms with Crippen LogP contribution < -0.4 is 5.32 Å². The Kier molecular flexibility index (Phi) is 4.62. The Balaban J connectivity index is 1.94. The Bertz CT molecular complexity index is 590. The average molecular weight is 308 g/mol. The number of hydrogen-bond donors (Lipinski definition) is 1. The molecule has 21 heavy (non-hydrogen) atoms. The summed E-state index contributed by atoms with van der Waals surface area (Å²) in [6.07, 6.45) is 6.29. The Hall–Kier alpha value is -0.910. The van der Waals surface area contributed by atoms with Crippen molar-refractivity contribution < 1.29 is 8.42 Å². The van der Waals surface area contributed by atoms with Gasteiger partial charge >= 0.3 is 0 Å². The Morgan fingerprint density at radius 1 is 1.00 bits per heavy atom. The molecule has 5 heteroatoms. The number of benzene rings is 1. The maximum atomic E-state index is 13.0. The fourth-order valence-electron chi connectivity index (χ4n) is 3.34. The lowest BCUT2D eigenvalue weighted by molar-refractivity contribution is 0.363. The van der Waals surface area contributed by atoms with Crippen molar-refractivity contribution in [1.29, 1.82) is 0 Å². The highest BCUT2D eigenvalue weighted by molar-refractivity contribution is 7.89. The minimum absolute atomic E-state index is 0.544. The summed E-state index contributed by atoms with van der Waals surface area (Å²) in [5.74, 6) is 0. The third-order valence-corrected chi connectivity index (χ3v) is 6.51. The fraction of sp³-hybridized carbons (Fsp3) is 0.625. The van der Waals surface area contributed by atoms with Gasteiger partial charge in [-0.05, 0) is 43.0 Å². The number of sulfonamides is 1. The van der Waals surface area contributed by atoms with Gasteiger partial charge in [0.05, 0.1) is 4.90 Å². The van der Waals surface area contributed by atoms with Crippen molar-refractivity contribution in [3.05, 3.63) is 29.3 Å². The van der Waals surface area contributed by atoms with Crippen LogP contribution in [0.3, 0.4) is 0 Å². The molecule has 0 aliphatic carbocycles. The Morgan fingerprint density at radius 2 is 1.71 bits per heavy atom. The molecule has 1 saturated heterocycles. The van der Waals surface area contributed by atoms with E-state index >= 15 is 0 Å². The van der Waals surface area contributed by atoms with Crippen molar-refractivity contribution in [3.8, 4) is 0 Å². The first-order valence-electron chi connectivity index (χ1n) is 8.01. The van der Waals surface area contributed by atoms with E-state index in [9.17, 15) is 8.42 Å². The summed E-state index contributed by atoms with van der Waals surface area (Å²) < 4.78 is 27.8. The van der Waals surface area contributed by atoms with E-state index in [0.29, 0.717) is 18.0 Å². The summed E-state index contributed by atoms with van der Waals surface area (Å²) in [7, 11) is -3.34. The Labute approximate surface area is 127 Å². The molecule has 4 nitrogen and oxygen atoms in total. The second-order valence-electron chi connectivity index (χ2n) is 5.99. The molecule has 1 N–H and O–H groups in total. The molecule has 0 unspecified atom stereocenters. The lowest BCUT2D eigenvalue weighted by Gasteiger charge is -2.27. The molecule has 2 aliphatic rings.